The summed E-state index contributed by atoms with van der Waals surface area (Å²) in [5, 5.41) is 11.6. The summed E-state index contributed by atoms with van der Waals surface area (Å²) in [5.41, 5.74) is 0.0370. The number of carboxylic acids is 1. The third-order valence-electron chi connectivity index (χ3n) is 0.756. The number of hydrogen-bond donors (Lipinski definition) is 1. The first kappa shape index (κ1) is 6.28. The molecule has 1 aromatic rings. The Bertz CT molecular complexity index is 231. The predicted octanol–water partition coefficient (Wildman–Crippen LogP) is 1.14. The molecular formula is C4H2BrNO3. The Balaban J connectivity index is 3.08. The highest BCUT2D eigenvalue weighted by Gasteiger charge is 2.10. The first-order chi connectivity index (χ1) is 4.22. The summed E-state index contributed by atoms with van der Waals surface area (Å²) in [4.78, 5) is 10.2. The lowest BCUT2D eigenvalue weighted by atomic mass is 10.4. The van der Waals surface area contributed by atoms with E-state index in [-0.39, 0.29) is 10.2 Å². The first-order valence-corrected chi connectivity index (χ1v) is 2.84. The molecule has 0 radical (unpaired) electrons. The number of aromatic nitrogens is 1. The third kappa shape index (κ3) is 1.10. The number of halogens is 1. The van der Waals surface area contributed by atoms with Crippen LogP contribution in [0.2, 0.25) is 0 Å². The van der Waals surface area contributed by atoms with Crippen molar-refractivity contribution in [2.75, 3.05) is 0 Å². The highest BCUT2D eigenvalue weighted by atomic mass is 79.9. The standard InChI is InChI=1S/C4H2BrNO3/c5-3-2(4(7)8)1-9-6-3/h1H,(H,7,8). The zero-order valence-corrected chi connectivity index (χ0v) is 5.75. The number of nitrogens with zero attached hydrogens (tertiary/aromatic N) is 1. The fourth-order valence-electron chi connectivity index (χ4n) is 0.362. The molecule has 0 bridgehead atoms. The van der Waals surface area contributed by atoms with Gasteiger partial charge in [-0.15, -0.1) is 0 Å². The number of aromatic carboxylic acids is 1. The summed E-state index contributed by atoms with van der Waals surface area (Å²) in [5.74, 6) is -1.05. The van der Waals surface area contributed by atoms with E-state index in [9.17, 15) is 4.79 Å². The van der Waals surface area contributed by atoms with Crippen molar-refractivity contribution in [1.29, 1.82) is 0 Å². The van der Waals surface area contributed by atoms with Crippen molar-refractivity contribution in [1.82, 2.24) is 5.16 Å². The lowest BCUT2D eigenvalue weighted by Gasteiger charge is -1.80. The number of carbonyl (C=O) groups is 1. The molecule has 0 fully saturated rings. The first-order valence-electron chi connectivity index (χ1n) is 2.05. The van der Waals surface area contributed by atoms with Crippen LogP contribution in [0.5, 0.6) is 0 Å². The van der Waals surface area contributed by atoms with Crippen LogP contribution < -0.4 is 0 Å². The molecule has 1 heterocycles. The molecule has 0 aliphatic rings. The fourth-order valence-corrected chi connectivity index (χ4v) is 0.708. The van der Waals surface area contributed by atoms with E-state index in [1.165, 1.54) is 0 Å². The molecule has 0 unspecified atom stereocenters. The maximum atomic E-state index is 10.2. The van der Waals surface area contributed by atoms with E-state index >= 15 is 0 Å². The SMILES string of the molecule is O=C(O)c1conc1Br. The second kappa shape index (κ2) is 2.18. The molecule has 4 nitrogen and oxygen atoms in total. The van der Waals surface area contributed by atoms with E-state index in [2.05, 4.69) is 25.6 Å². The number of carboxylic acid groups (broad SMARTS) is 1. The molecule has 48 valence electrons. The summed E-state index contributed by atoms with van der Waals surface area (Å²) in [6, 6.07) is 0. The molecule has 0 saturated carbocycles. The van der Waals surface area contributed by atoms with Gasteiger partial charge in [0.1, 0.15) is 11.8 Å². The third-order valence-corrected chi connectivity index (χ3v) is 1.33. The van der Waals surface area contributed by atoms with Crippen LogP contribution in [0.1, 0.15) is 10.4 Å². The van der Waals surface area contributed by atoms with Crippen LogP contribution >= 0.6 is 15.9 Å². The minimum Gasteiger partial charge on any atom is -0.477 e. The number of hydrogen-bond acceptors (Lipinski definition) is 3. The molecule has 0 amide bonds. The van der Waals surface area contributed by atoms with Gasteiger partial charge in [-0.3, -0.25) is 0 Å². The topological polar surface area (TPSA) is 63.3 Å². The lowest BCUT2D eigenvalue weighted by Crippen LogP contribution is -1.93. The van der Waals surface area contributed by atoms with Gasteiger partial charge in [0, 0.05) is 0 Å². The molecule has 1 rings (SSSR count). The maximum absolute atomic E-state index is 10.2. The average Bonchev–Trinajstić information content (AvgIpc) is 2.13. The van der Waals surface area contributed by atoms with Gasteiger partial charge in [0.2, 0.25) is 0 Å². The largest absolute Gasteiger partial charge is 0.477 e. The Kier molecular flexibility index (Phi) is 1.52. The van der Waals surface area contributed by atoms with Crippen LogP contribution in [-0.4, -0.2) is 16.2 Å². The molecule has 0 saturated heterocycles. The lowest BCUT2D eigenvalue weighted by molar-refractivity contribution is 0.0695. The van der Waals surface area contributed by atoms with E-state index in [0.717, 1.165) is 6.26 Å². The van der Waals surface area contributed by atoms with Crippen LogP contribution in [0.3, 0.4) is 0 Å². The van der Waals surface area contributed by atoms with E-state index in [1.54, 1.807) is 0 Å². The van der Waals surface area contributed by atoms with Crippen LogP contribution in [0, 0.1) is 0 Å². The zero-order chi connectivity index (χ0) is 6.85. The van der Waals surface area contributed by atoms with Gasteiger partial charge in [0.25, 0.3) is 0 Å². The second-order valence-corrected chi connectivity index (χ2v) is 2.08. The average molecular weight is 192 g/mol. The Morgan fingerprint density at radius 1 is 1.89 bits per heavy atom. The monoisotopic (exact) mass is 191 g/mol. The molecule has 0 aromatic carbocycles. The summed E-state index contributed by atoms with van der Waals surface area (Å²) >= 11 is 2.88. The van der Waals surface area contributed by atoms with E-state index in [1.807, 2.05) is 0 Å². The molecular weight excluding hydrogens is 190 g/mol. The molecule has 0 aliphatic heterocycles. The van der Waals surface area contributed by atoms with Gasteiger partial charge < -0.3 is 9.63 Å². The van der Waals surface area contributed by atoms with E-state index < -0.39 is 5.97 Å². The Labute approximate surface area is 58.6 Å². The van der Waals surface area contributed by atoms with Gasteiger partial charge >= 0.3 is 5.97 Å². The highest BCUT2D eigenvalue weighted by molar-refractivity contribution is 9.10. The van der Waals surface area contributed by atoms with Crippen molar-refractivity contribution in [2.24, 2.45) is 0 Å². The Morgan fingerprint density at radius 3 is 2.78 bits per heavy atom. The quantitative estimate of drug-likeness (QED) is 0.724. The van der Waals surface area contributed by atoms with Crippen LogP contribution in [0.4, 0.5) is 0 Å². The van der Waals surface area contributed by atoms with Gasteiger partial charge in [0.15, 0.2) is 4.60 Å². The molecule has 1 N–H and O–H groups in total. The van der Waals surface area contributed by atoms with Gasteiger partial charge in [-0.1, -0.05) is 5.16 Å². The Hall–Kier alpha value is -0.840. The van der Waals surface area contributed by atoms with Crippen LogP contribution in [-0.2, 0) is 0 Å². The van der Waals surface area contributed by atoms with Gasteiger partial charge in [0.05, 0.1) is 0 Å². The molecule has 0 atom stereocenters. The van der Waals surface area contributed by atoms with Crippen molar-refractivity contribution in [3.05, 3.63) is 16.4 Å². The fraction of sp³-hybridized carbons (Fsp3) is 0. The smallest absolute Gasteiger partial charge is 0.341 e. The van der Waals surface area contributed by atoms with Crippen molar-refractivity contribution >= 4 is 21.9 Å². The van der Waals surface area contributed by atoms with E-state index in [0.29, 0.717) is 0 Å². The van der Waals surface area contributed by atoms with E-state index in [4.69, 9.17) is 5.11 Å². The van der Waals surface area contributed by atoms with Crippen molar-refractivity contribution < 1.29 is 14.4 Å². The van der Waals surface area contributed by atoms with Crippen molar-refractivity contribution in [2.45, 2.75) is 0 Å². The predicted molar refractivity (Wildman–Crippen MR) is 31.2 cm³/mol. The van der Waals surface area contributed by atoms with Gasteiger partial charge in [-0.05, 0) is 15.9 Å². The van der Waals surface area contributed by atoms with Crippen molar-refractivity contribution in [3.8, 4) is 0 Å². The van der Waals surface area contributed by atoms with Gasteiger partial charge in [-0.25, -0.2) is 4.79 Å². The Morgan fingerprint density at radius 2 is 2.56 bits per heavy atom. The maximum Gasteiger partial charge on any atom is 0.341 e. The molecule has 1 aromatic heterocycles. The summed E-state index contributed by atoms with van der Waals surface area (Å²) < 4.78 is 4.55. The zero-order valence-electron chi connectivity index (χ0n) is 4.17. The minimum absolute atomic E-state index is 0.0370. The molecule has 5 heteroatoms. The second-order valence-electron chi connectivity index (χ2n) is 1.32. The van der Waals surface area contributed by atoms with Crippen LogP contribution in [0.15, 0.2) is 15.4 Å². The number of rotatable bonds is 1. The summed E-state index contributed by atoms with van der Waals surface area (Å²) in [6.45, 7) is 0. The van der Waals surface area contributed by atoms with Crippen LogP contribution in [0.25, 0.3) is 0 Å². The van der Waals surface area contributed by atoms with Crippen molar-refractivity contribution in [3.63, 3.8) is 0 Å². The van der Waals surface area contributed by atoms with Gasteiger partial charge in [-0.2, -0.15) is 0 Å². The highest BCUT2D eigenvalue weighted by Crippen LogP contribution is 2.12. The normalized spacial score (nSPS) is 9.44. The molecule has 0 aliphatic carbocycles. The summed E-state index contributed by atoms with van der Waals surface area (Å²) in [6.07, 6.45) is 1.06. The molecule has 0 spiro atoms. The summed E-state index contributed by atoms with van der Waals surface area (Å²) in [7, 11) is 0. The minimum atomic E-state index is -1.05. The molecule has 9 heavy (non-hydrogen) atoms.